The van der Waals surface area contributed by atoms with Crippen molar-refractivity contribution >= 4 is 17.3 Å². The van der Waals surface area contributed by atoms with Crippen molar-refractivity contribution in [2.24, 2.45) is 28.6 Å². The maximum absolute atomic E-state index is 14.0. The van der Waals surface area contributed by atoms with Crippen LogP contribution in [0.2, 0.25) is 0 Å². The van der Waals surface area contributed by atoms with Crippen LogP contribution in [0.4, 0.5) is 0 Å². The second-order valence-electron chi connectivity index (χ2n) is 12.4. The molecule has 1 heterocycles. The quantitative estimate of drug-likeness (QED) is 0.538. The highest BCUT2D eigenvalue weighted by Crippen LogP contribution is 2.68. The molecule has 1 saturated heterocycles. The maximum atomic E-state index is 14.0. The molecular formula is C28H40O7. The summed E-state index contributed by atoms with van der Waals surface area (Å²) in [6.45, 7) is 11.6. The summed E-state index contributed by atoms with van der Waals surface area (Å²) in [5.74, 6) is 0.468. The molecular weight excluding hydrogens is 448 g/mol. The molecule has 1 spiro atoms. The first-order chi connectivity index (χ1) is 16.4. The zero-order chi connectivity index (χ0) is 25.4. The van der Waals surface area contributed by atoms with Crippen molar-refractivity contribution in [1.82, 2.24) is 0 Å². The van der Waals surface area contributed by atoms with Gasteiger partial charge in [0.15, 0.2) is 11.6 Å². The first kappa shape index (κ1) is 25.2. The number of carbonyl (C=O) groups is 3. The van der Waals surface area contributed by atoms with Crippen LogP contribution in [0, 0.1) is 28.6 Å². The number of hydrogen-bond donors (Lipinski definition) is 0. The predicted molar refractivity (Wildman–Crippen MR) is 127 cm³/mol. The molecule has 0 aromatic carbocycles. The summed E-state index contributed by atoms with van der Waals surface area (Å²) in [7, 11) is 0. The molecule has 6 atom stereocenters. The fourth-order valence-electron chi connectivity index (χ4n) is 8.29. The van der Waals surface area contributed by atoms with E-state index < -0.39 is 17.2 Å². The molecule has 35 heavy (non-hydrogen) atoms. The number of ether oxygens (including phenoxy) is 4. The topological polar surface area (TPSA) is 88.1 Å². The SMILES string of the molecule is CC(C)OC1(OC(C)C)OCC(=O)[C@]2(CC[C@H]3[C@@H]4CCC5=CC(=O)CC[C@]5(C)[C@H]4C(=O)C[C@@]32C)O1. The number of carbonyl (C=O) groups excluding carboxylic acids is 3. The van der Waals surface area contributed by atoms with Gasteiger partial charge in [0.25, 0.3) is 0 Å². The Balaban J connectivity index is 1.52. The average molecular weight is 489 g/mol. The van der Waals surface area contributed by atoms with Gasteiger partial charge in [-0.3, -0.25) is 23.9 Å². The van der Waals surface area contributed by atoms with Crippen LogP contribution in [0.3, 0.4) is 0 Å². The van der Waals surface area contributed by atoms with Crippen molar-refractivity contribution in [3.63, 3.8) is 0 Å². The third-order valence-electron chi connectivity index (χ3n) is 9.66. The normalized spacial score (nSPS) is 42.8. The Morgan fingerprint density at radius 3 is 2.31 bits per heavy atom. The van der Waals surface area contributed by atoms with Crippen LogP contribution in [0.1, 0.15) is 86.5 Å². The van der Waals surface area contributed by atoms with E-state index in [-0.39, 0.29) is 65.8 Å². The highest BCUT2D eigenvalue weighted by molar-refractivity contribution is 5.95. The summed E-state index contributed by atoms with van der Waals surface area (Å²) in [5, 5.41) is 0. The van der Waals surface area contributed by atoms with Gasteiger partial charge in [0.05, 0.1) is 12.2 Å². The van der Waals surface area contributed by atoms with E-state index in [1.807, 2.05) is 33.8 Å². The Morgan fingerprint density at radius 2 is 1.66 bits per heavy atom. The molecule has 0 bridgehead atoms. The Hall–Kier alpha value is -1.41. The first-order valence-electron chi connectivity index (χ1n) is 13.4. The number of Topliss-reactive ketones (excluding diaryl/α,β-unsaturated/α-hetero) is 2. The minimum atomic E-state index is -1.77. The fraction of sp³-hybridized carbons (Fsp3) is 0.821. The molecule has 4 aliphatic carbocycles. The Morgan fingerprint density at radius 1 is 0.971 bits per heavy atom. The molecule has 0 amide bonds. The lowest BCUT2D eigenvalue weighted by Gasteiger charge is -2.59. The average Bonchev–Trinajstić information content (AvgIpc) is 3.02. The summed E-state index contributed by atoms with van der Waals surface area (Å²) in [5.41, 5.74) is -0.982. The van der Waals surface area contributed by atoms with Crippen LogP contribution in [0.25, 0.3) is 0 Å². The monoisotopic (exact) mass is 488 g/mol. The van der Waals surface area contributed by atoms with E-state index in [0.717, 1.165) is 31.3 Å². The van der Waals surface area contributed by atoms with Gasteiger partial charge in [0, 0.05) is 24.2 Å². The molecule has 194 valence electrons. The van der Waals surface area contributed by atoms with Crippen molar-refractivity contribution in [3.05, 3.63) is 11.6 Å². The highest BCUT2D eigenvalue weighted by atomic mass is 17.0. The molecule has 4 fully saturated rings. The van der Waals surface area contributed by atoms with Gasteiger partial charge in [-0.05, 0) is 83.1 Å². The molecule has 1 aliphatic heterocycles. The van der Waals surface area contributed by atoms with Gasteiger partial charge in [-0.1, -0.05) is 19.4 Å². The lowest BCUT2D eigenvalue weighted by atomic mass is 9.46. The molecule has 7 nitrogen and oxygen atoms in total. The van der Waals surface area contributed by atoms with Crippen molar-refractivity contribution in [2.75, 3.05) is 6.61 Å². The van der Waals surface area contributed by atoms with Gasteiger partial charge in [0.1, 0.15) is 18.0 Å². The van der Waals surface area contributed by atoms with Gasteiger partial charge >= 0.3 is 6.16 Å². The predicted octanol–water partition coefficient (Wildman–Crippen LogP) is 4.51. The second-order valence-corrected chi connectivity index (χ2v) is 12.4. The minimum Gasteiger partial charge on any atom is -0.300 e. The molecule has 0 aromatic heterocycles. The number of rotatable bonds is 4. The second kappa shape index (κ2) is 8.30. The van der Waals surface area contributed by atoms with E-state index in [2.05, 4.69) is 13.8 Å². The Labute approximate surface area is 208 Å². The van der Waals surface area contributed by atoms with E-state index in [9.17, 15) is 14.4 Å². The van der Waals surface area contributed by atoms with Gasteiger partial charge in [-0.25, -0.2) is 0 Å². The smallest absolute Gasteiger partial charge is 0.300 e. The number of hydrogen-bond acceptors (Lipinski definition) is 7. The molecule has 0 unspecified atom stereocenters. The number of allylic oxidation sites excluding steroid dienone is 1. The van der Waals surface area contributed by atoms with Crippen LogP contribution >= 0.6 is 0 Å². The molecule has 7 heteroatoms. The van der Waals surface area contributed by atoms with Gasteiger partial charge < -0.3 is 9.47 Å². The van der Waals surface area contributed by atoms with Crippen LogP contribution in [-0.4, -0.2) is 47.9 Å². The molecule has 0 aromatic rings. The molecule has 5 aliphatic rings. The van der Waals surface area contributed by atoms with Crippen LogP contribution in [-0.2, 0) is 33.3 Å². The molecule has 3 saturated carbocycles. The lowest BCUT2D eigenvalue weighted by molar-refractivity contribution is -0.541. The zero-order valence-corrected chi connectivity index (χ0v) is 22.0. The molecule has 0 radical (unpaired) electrons. The van der Waals surface area contributed by atoms with Crippen molar-refractivity contribution < 1.29 is 33.3 Å². The summed E-state index contributed by atoms with van der Waals surface area (Å²) >= 11 is 0. The van der Waals surface area contributed by atoms with Crippen molar-refractivity contribution in [1.29, 1.82) is 0 Å². The standard InChI is InChI=1S/C28H40O7/c1-16(2)33-28(34-17(3)4)32-15-23(31)27(35-28)12-10-21-20-8-7-18-13-19(29)9-11-25(18,5)24(20)22(30)14-26(21,27)6/h13,16-17,20-21,24H,7-12,14-15H2,1-6H3/t20-,21-,24+,25-,26-,27-/m0/s1. The van der Waals surface area contributed by atoms with E-state index >= 15 is 0 Å². The minimum absolute atomic E-state index is 0.109. The summed E-state index contributed by atoms with van der Waals surface area (Å²) in [6, 6.07) is 0. The third-order valence-corrected chi connectivity index (χ3v) is 9.66. The fourth-order valence-corrected chi connectivity index (χ4v) is 8.29. The van der Waals surface area contributed by atoms with Gasteiger partial charge in [0.2, 0.25) is 0 Å². The van der Waals surface area contributed by atoms with Crippen LogP contribution in [0.15, 0.2) is 11.6 Å². The Bertz CT molecular complexity index is 956. The molecule has 0 N–H and O–H groups in total. The third kappa shape index (κ3) is 3.64. The van der Waals surface area contributed by atoms with Crippen molar-refractivity contribution in [3.8, 4) is 0 Å². The highest BCUT2D eigenvalue weighted by Gasteiger charge is 2.73. The summed E-state index contributed by atoms with van der Waals surface area (Å²) in [6.07, 6.45) is 4.08. The van der Waals surface area contributed by atoms with Crippen molar-refractivity contribution in [2.45, 2.75) is 110 Å². The molecule has 5 rings (SSSR count). The van der Waals surface area contributed by atoms with Crippen LogP contribution < -0.4 is 0 Å². The lowest BCUT2D eigenvalue weighted by Crippen LogP contribution is -2.68. The number of fused-ring (bicyclic) bond motifs is 6. The van der Waals surface area contributed by atoms with E-state index in [4.69, 9.17) is 18.9 Å². The Kier molecular flexibility index (Phi) is 5.99. The van der Waals surface area contributed by atoms with Gasteiger partial charge in [-0.2, -0.15) is 0 Å². The largest absolute Gasteiger partial charge is 0.414 e. The summed E-state index contributed by atoms with van der Waals surface area (Å²) < 4.78 is 24.5. The first-order valence-corrected chi connectivity index (χ1v) is 13.4. The van der Waals surface area contributed by atoms with Gasteiger partial charge in [-0.15, -0.1) is 0 Å². The number of ketones is 3. The van der Waals surface area contributed by atoms with Crippen LogP contribution in [0.5, 0.6) is 0 Å². The zero-order valence-electron chi connectivity index (χ0n) is 22.0. The van der Waals surface area contributed by atoms with E-state index in [0.29, 0.717) is 12.8 Å². The van der Waals surface area contributed by atoms with E-state index in [1.54, 1.807) is 0 Å². The van der Waals surface area contributed by atoms with E-state index in [1.165, 1.54) is 0 Å². The maximum Gasteiger partial charge on any atom is 0.414 e. The summed E-state index contributed by atoms with van der Waals surface area (Å²) in [4.78, 5) is 39.7.